The van der Waals surface area contributed by atoms with E-state index in [0.29, 0.717) is 13.0 Å². The van der Waals surface area contributed by atoms with Crippen molar-refractivity contribution in [1.29, 1.82) is 0 Å². The number of nitrogens with one attached hydrogen (secondary N) is 1. The average Bonchev–Trinajstić information content (AvgIpc) is 2.86. The molecule has 0 bridgehead atoms. The maximum absolute atomic E-state index is 11.9. The number of carbonyl (C=O) groups is 2. The fourth-order valence-corrected chi connectivity index (χ4v) is 2.28. The van der Waals surface area contributed by atoms with Crippen molar-refractivity contribution in [3.8, 4) is 0 Å². The third kappa shape index (κ3) is 2.66. The number of ether oxygens (including phenoxy) is 1. The van der Waals surface area contributed by atoms with Crippen LogP contribution in [0.5, 0.6) is 0 Å². The molecule has 0 aromatic heterocycles. The number of hydrogen-bond acceptors (Lipinski definition) is 3. The molecule has 17 heavy (non-hydrogen) atoms. The zero-order valence-electron chi connectivity index (χ0n) is 9.76. The minimum absolute atomic E-state index is 0.129. The summed E-state index contributed by atoms with van der Waals surface area (Å²) in [5, 5.41) is 11.7. The van der Waals surface area contributed by atoms with E-state index >= 15 is 0 Å². The molecule has 0 radical (unpaired) electrons. The van der Waals surface area contributed by atoms with E-state index < -0.39 is 11.9 Å². The Bertz CT molecular complexity index is 352. The van der Waals surface area contributed by atoms with E-state index in [2.05, 4.69) is 5.32 Å². The summed E-state index contributed by atoms with van der Waals surface area (Å²) < 4.78 is 5.36. The van der Waals surface area contributed by atoms with Crippen LogP contribution in [0.4, 0.5) is 0 Å². The Kier molecular flexibility index (Phi) is 3.47. The molecule has 2 aliphatic rings. The van der Waals surface area contributed by atoms with E-state index in [1.807, 2.05) is 6.92 Å². The molecule has 2 N–H and O–H groups in total. The van der Waals surface area contributed by atoms with Crippen LogP contribution in [0.15, 0.2) is 12.2 Å². The smallest absolute Gasteiger partial charge is 0.310 e. The number of carboxylic acid groups (broad SMARTS) is 1. The lowest BCUT2D eigenvalue weighted by atomic mass is 10.0. The summed E-state index contributed by atoms with van der Waals surface area (Å²) in [5.41, 5.74) is 0. The maximum atomic E-state index is 11.9. The third-order valence-corrected chi connectivity index (χ3v) is 3.37. The van der Waals surface area contributed by atoms with Gasteiger partial charge in [0.05, 0.1) is 5.92 Å². The van der Waals surface area contributed by atoms with Crippen LogP contribution >= 0.6 is 0 Å². The molecular weight excluding hydrogens is 222 g/mol. The van der Waals surface area contributed by atoms with Gasteiger partial charge in [0.15, 0.2) is 0 Å². The van der Waals surface area contributed by atoms with Gasteiger partial charge in [-0.1, -0.05) is 19.1 Å². The molecule has 5 heteroatoms. The highest BCUT2D eigenvalue weighted by molar-refractivity contribution is 5.82. The van der Waals surface area contributed by atoms with Crippen LogP contribution in [0.3, 0.4) is 0 Å². The molecule has 1 fully saturated rings. The Balaban J connectivity index is 1.84. The lowest BCUT2D eigenvalue weighted by molar-refractivity contribution is -0.140. The molecule has 1 amide bonds. The third-order valence-electron chi connectivity index (χ3n) is 3.37. The van der Waals surface area contributed by atoms with Crippen LogP contribution in [0, 0.1) is 11.8 Å². The zero-order valence-corrected chi connectivity index (χ0v) is 9.76. The van der Waals surface area contributed by atoms with Gasteiger partial charge in [-0.2, -0.15) is 0 Å². The molecule has 5 nitrogen and oxygen atoms in total. The van der Waals surface area contributed by atoms with Crippen LogP contribution in [-0.2, 0) is 14.3 Å². The van der Waals surface area contributed by atoms with Crippen molar-refractivity contribution in [2.75, 3.05) is 6.61 Å². The van der Waals surface area contributed by atoms with E-state index in [-0.39, 0.29) is 24.0 Å². The van der Waals surface area contributed by atoms with Gasteiger partial charge in [0.2, 0.25) is 5.91 Å². The number of carboxylic acids is 1. The first kappa shape index (κ1) is 12.1. The summed E-state index contributed by atoms with van der Waals surface area (Å²) in [6.07, 6.45) is 4.33. The van der Waals surface area contributed by atoms with Gasteiger partial charge in [-0.05, 0) is 18.8 Å². The fraction of sp³-hybridized carbons (Fsp3) is 0.667. The largest absolute Gasteiger partial charge is 0.481 e. The van der Waals surface area contributed by atoms with Crippen LogP contribution < -0.4 is 5.32 Å². The molecule has 0 spiro atoms. The van der Waals surface area contributed by atoms with Crippen LogP contribution in [0.1, 0.15) is 19.8 Å². The summed E-state index contributed by atoms with van der Waals surface area (Å²) in [5.74, 6) is -1.22. The number of aliphatic carboxylic acids is 1. The van der Waals surface area contributed by atoms with Crippen LogP contribution in [0.2, 0.25) is 0 Å². The van der Waals surface area contributed by atoms with Gasteiger partial charge in [-0.15, -0.1) is 0 Å². The van der Waals surface area contributed by atoms with E-state index in [4.69, 9.17) is 9.84 Å². The average molecular weight is 239 g/mol. The van der Waals surface area contributed by atoms with E-state index in [1.54, 1.807) is 12.2 Å². The molecule has 4 unspecified atom stereocenters. The molecular formula is C12H17NO4. The Hall–Kier alpha value is -1.36. The van der Waals surface area contributed by atoms with Crippen molar-refractivity contribution < 1.29 is 19.4 Å². The van der Waals surface area contributed by atoms with Gasteiger partial charge in [-0.3, -0.25) is 9.59 Å². The summed E-state index contributed by atoms with van der Waals surface area (Å²) in [6, 6.07) is -0.181. The first-order chi connectivity index (χ1) is 8.08. The van der Waals surface area contributed by atoms with Crippen molar-refractivity contribution >= 4 is 11.9 Å². The fourth-order valence-electron chi connectivity index (χ4n) is 2.28. The molecule has 2 rings (SSSR count). The van der Waals surface area contributed by atoms with Crippen LogP contribution in [-0.4, -0.2) is 35.7 Å². The van der Waals surface area contributed by atoms with Crippen molar-refractivity contribution in [1.82, 2.24) is 5.32 Å². The van der Waals surface area contributed by atoms with Crippen LogP contribution in [0.25, 0.3) is 0 Å². The number of amides is 1. The van der Waals surface area contributed by atoms with Gasteiger partial charge in [-0.25, -0.2) is 0 Å². The minimum atomic E-state index is -0.844. The van der Waals surface area contributed by atoms with Crippen molar-refractivity contribution in [3.05, 3.63) is 12.2 Å². The molecule has 1 heterocycles. The first-order valence-corrected chi connectivity index (χ1v) is 5.91. The molecule has 4 atom stereocenters. The van der Waals surface area contributed by atoms with Crippen molar-refractivity contribution in [3.63, 3.8) is 0 Å². The zero-order chi connectivity index (χ0) is 12.4. The van der Waals surface area contributed by atoms with Gasteiger partial charge in [0.25, 0.3) is 0 Å². The highest BCUT2D eigenvalue weighted by Crippen LogP contribution is 2.22. The SMILES string of the molecule is CC1CCOC1C(=O)NC1C=CC(C(=O)O)C1. The normalized spacial score (nSPS) is 36.1. The molecule has 0 aromatic rings. The summed E-state index contributed by atoms with van der Waals surface area (Å²) in [7, 11) is 0. The van der Waals surface area contributed by atoms with E-state index in [0.717, 1.165) is 6.42 Å². The number of hydrogen-bond donors (Lipinski definition) is 2. The van der Waals surface area contributed by atoms with Crippen molar-refractivity contribution in [2.24, 2.45) is 11.8 Å². The summed E-state index contributed by atoms with van der Waals surface area (Å²) in [6.45, 7) is 2.61. The van der Waals surface area contributed by atoms with E-state index in [9.17, 15) is 9.59 Å². The topological polar surface area (TPSA) is 75.6 Å². The second-order valence-corrected chi connectivity index (χ2v) is 4.74. The highest BCUT2D eigenvalue weighted by atomic mass is 16.5. The number of rotatable bonds is 3. The monoisotopic (exact) mass is 239 g/mol. The Morgan fingerprint density at radius 2 is 2.18 bits per heavy atom. The summed E-state index contributed by atoms with van der Waals surface area (Å²) in [4.78, 5) is 22.6. The second kappa shape index (κ2) is 4.87. The highest BCUT2D eigenvalue weighted by Gasteiger charge is 2.33. The van der Waals surface area contributed by atoms with Crippen molar-refractivity contribution in [2.45, 2.75) is 31.9 Å². The molecule has 94 valence electrons. The molecule has 1 aliphatic carbocycles. The molecule has 0 saturated carbocycles. The molecule has 0 aromatic carbocycles. The molecule has 1 aliphatic heterocycles. The quantitative estimate of drug-likeness (QED) is 0.705. The summed E-state index contributed by atoms with van der Waals surface area (Å²) >= 11 is 0. The predicted octanol–water partition coefficient (Wildman–Crippen LogP) is 0.557. The Morgan fingerprint density at radius 3 is 2.71 bits per heavy atom. The van der Waals surface area contributed by atoms with E-state index in [1.165, 1.54) is 0 Å². The Morgan fingerprint density at radius 1 is 1.41 bits per heavy atom. The van der Waals surface area contributed by atoms with Gasteiger partial charge in [0, 0.05) is 12.6 Å². The predicted molar refractivity (Wildman–Crippen MR) is 60.3 cm³/mol. The second-order valence-electron chi connectivity index (χ2n) is 4.74. The van der Waals surface area contributed by atoms with Gasteiger partial charge < -0.3 is 15.2 Å². The minimum Gasteiger partial charge on any atom is -0.481 e. The maximum Gasteiger partial charge on any atom is 0.310 e. The first-order valence-electron chi connectivity index (χ1n) is 5.91. The standard InChI is InChI=1S/C12H17NO4/c1-7-4-5-17-10(7)11(14)13-9-3-2-8(6-9)12(15)16/h2-3,7-10H,4-6H2,1H3,(H,13,14)(H,15,16). The van der Waals surface area contributed by atoms with Gasteiger partial charge >= 0.3 is 5.97 Å². The van der Waals surface area contributed by atoms with Gasteiger partial charge in [0.1, 0.15) is 6.10 Å². The molecule has 1 saturated heterocycles. The number of carbonyl (C=O) groups excluding carboxylic acids is 1. The lowest BCUT2D eigenvalue weighted by Crippen LogP contribution is -2.42. The lowest BCUT2D eigenvalue weighted by Gasteiger charge is -2.18. The Labute approximate surface area is 99.8 Å².